The van der Waals surface area contributed by atoms with Gasteiger partial charge >= 0.3 is 0 Å². The molecule has 0 saturated heterocycles. The van der Waals surface area contributed by atoms with E-state index in [0.29, 0.717) is 22.0 Å². The average Bonchev–Trinajstić information content (AvgIpc) is 2.47. The number of carbonyl (C=O) groups is 2. The number of Topliss-reactive ketones (excluding diaryl/α,β-unsaturated/α-hetero) is 1. The minimum absolute atomic E-state index is 0.0523. The summed E-state index contributed by atoms with van der Waals surface area (Å²) < 4.78 is 5.34. The van der Waals surface area contributed by atoms with Crippen molar-refractivity contribution >= 4 is 29.0 Å². The highest BCUT2D eigenvalue weighted by Gasteiger charge is 2.06. The van der Waals surface area contributed by atoms with Crippen LogP contribution in [0.1, 0.15) is 17.3 Å². The Hall–Kier alpha value is -2.33. The number of hydrogen-bond donors (Lipinski definition) is 1. The van der Waals surface area contributed by atoms with Crippen LogP contribution in [0, 0.1) is 0 Å². The van der Waals surface area contributed by atoms with Crippen molar-refractivity contribution in [3.05, 3.63) is 59.1 Å². The van der Waals surface area contributed by atoms with Gasteiger partial charge in [0.2, 0.25) is 0 Å². The maximum absolute atomic E-state index is 11.8. The lowest BCUT2D eigenvalue weighted by atomic mass is 10.1. The van der Waals surface area contributed by atoms with Gasteiger partial charge in [-0.1, -0.05) is 23.7 Å². The molecule has 1 amide bonds. The van der Waals surface area contributed by atoms with E-state index in [1.807, 2.05) is 0 Å². The predicted molar refractivity (Wildman–Crippen MR) is 82.0 cm³/mol. The third-order valence-electron chi connectivity index (χ3n) is 2.74. The van der Waals surface area contributed by atoms with Crippen molar-refractivity contribution in [2.45, 2.75) is 6.92 Å². The van der Waals surface area contributed by atoms with E-state index in [1.165, 1.54) is 6.92 Å². The summed E-state index contributed by atoms with van der Waals surface area (Å²) in [5, 5.41) is 3.28. The van der Waals surface area contributed by atoms with E-state index in [2.05, 4.69) is 5.32 Å². The molecular formula is C16H14ClNO3. The second-order valence-electron chi connectivity index (χ2n) is 4.43. The van der Waals surface area contributed by atoms with Crippen LogP contribution in [0.5, 0.6) is 5.75 Å². The van der Waals surface area contributed by atoms with Crippen LogP contribution >= 0.6 is 11.6 Å². The molecule has 0 aliphatic heterocycles. The Morgan fingerprint density at radius 3 is 2.52 bits per heavy atom. The number of amides is 1. The van der Waals surface area contributed by atoms with Crippen LogP contribution in [0.4, 0.5) is 5.69 Å². The zero-order valence-electron chi connectivity index (χ0n) is 11.4. The third-order valence-corrected chi connectivity index (χ3v) is 2.99. The molecule has 4 nitrogen and oxygen atoms in total. The number of benzene rings is 2. The van der Waals surface area contributed by atoms with Crippen LogP contribution in [0.25, 0.3) is 0 Å². The van der Waals surface area contributed by atoms with Crippen LogP contribution in [0.15, 0.2) is 48.5 Å². The van der Waals surface area contributed by atoms with E-state index in [9.17, 15) is 9.59 Å². The topological polar surface area (TPSA) is 55.4 Å². The molecule has 108 valence electrons. The van der Waals surface area contributed by atoms with Crippen molar-refractivity contribution in [3.63, 3.8) is 0 Å². The van der Waals surface area contributed by atoms with Gasteiger partial charge in [0.05, 0.1) is 0 Å². The Morgan fingerprint density at radius 2 is 1.86 bits per heavy atom. The highest BCUT2D eigenvalue weighted by atomic mass is 35.5. The molecule has 0 saturated carbocycles. The predicted octanol–water partition coefficient (Wildman–Crippen LogP) is 3.56. The lowest BCUT2D eigenvalue weighted by Crippen LogP contribution is -2.20. The fourth-order valence-corrected chi connectivity index (χ4v) is 1.82. The first kappa shape index (κ1) is 15.1. The van der Waals surface area contributed by atoms with E-state index < -0.39 is 0 Å². The van der Waals surface area contributed by atoms with Crippen molar-refractivity contribution < 1.29 is 14.3 Å². The summed E-state index contributed by atoms with van der Waals surface area (Å²) in [5.74, 6) is 0.209. The SMILES string of the molecule is CC(=O)c1cccc(NC(=O)COc2ccc(Cl)cc2)c1. The summed E-state index contributed by atoms with van der Waals surface area (Å²) in [6.45, 7) is 1.36. The van der Waals surface area contributed by atoms with Gasteiger partial charge in [-0.25, -0.2) is 0 Å². The van der Waals surface area contributed by atoms with E-state index in [1.54, 1.807) is 48.5 Å². The maximum atomic E-state index is 11.8. The van der Waals surface area contributed by atoms with E-state index in [-0.39, 0.29) is 18.3 Å². The van der Waals surface area contributed by atoms with Gasteiger partial charge in [0, 0.05) is 16.3 Å². The summed E-state index contributed by atoms with van der Waals surface area (Å²) in [4.78, 5) is 23.1. The van der Waals surface area contributed by atoms with Gasteiger partial charge in [0.1, 0.15) is 5.75 Å². The highest BCUT2D eigenvalue weighted by Crippen LogP contribution is 2.16. The lowest BCUT2D eigenvalue weighted by Gasteiger charge is -2.08. The molecule has 0 aliphatic rings. The van der Waals surface area contributed by atoms with Gasteiger partial charge in [-0.05, 0) is 43.3 Å². The van der Waals surface area contributed by atoms with E-state index >= 15 is 0 Å². The van der Waals surface area contributed by atoms with E-state index in [4.69, 9.17) is 16.3 Å². The second kappa shape index (κ2) is 6.90. The number of ether oxygens (including phenoxy) is 1. The minimum atomic E-state index is -0.300. The van der Waals surface area contributed by atoms with Crippen molar-refractivity contribution in [2.75, 3.05) is 11.9 Å². The number of rotatable bonds is 5. The molecular weight excluding hydrogens is 290 g/mol. The largest absolute Gasteiger partial charge is 0.484 e. The quantitative estimate of drug-likeness (QED) is 0.859. The second-order valence-corrected chi connectivity index (χ2v) is 4.86. The minimum Gasteiger partial charge on any atom is -0.484 e. The zero-order valence-corrected chi connectivity index (χ0v) is 12.2. The molecule has 0 aliphatic carbocycles. The van der Waals surface area contributed by atoms with Gasteiger partial charge in [-0.3, -0.25) is 9.59 Å². The van der Waals surface area contributed by atoms with Gasteiger partial charge in [0.15, 0.2) is 12.4 Å². The number of ketones is 1. The molecule has 0 bridgehead atoms. The van der Waals surface area contributed by atoms with Gasteiger partial charge in [0.25, 0.3) is 5.91 Å². The number of hydrogen-bond acceptors (Lipinski definition) is 3. The average molecular weight is 304 g/mol. The number of halogens is 1. The molecule has 21 heavy (non-hydrogen) atoms. The molecule has 2 aromatic rings. The third kappa shape index (κ3) is 4.61. The van der Waals surface area contributed by atoms with Crippen LogP contribution < -0.4 is 10.1 Å². The zero-order chi connectivity index (χ0) is 15.2. The van der Waals surface area contributed by atoms with Crippen LogP contribution in [0.3, 0.4) is 0 Å². The highest BCUT2D eigenvalue weighted by molar-refractivity contribution is 6.30. The summed E-state index contributed by atoms with van der Waals surface area (Å²) in [5.41, 5.74) is 1.11. The Bertz CT molecular complexity index is 653. The smallest absolute Gasteiger partial charge is 0.262 e. The summed E-state index contributed by atoms with van der Waals surface area (Å²) >= 11 is 5.76. The molecule has 0 fully saturated rings. The molecule has 0 unspecified atom stereocenters. The lowest BCUT2D eigenvalue weighted by molar-refractivity contribution is -0.118. The molecule has 0 aromatic heterocycles. The van der Waals surface area contributed by atoms with E-state index in [0.717, 1.165) is 0 Å². The van der Waals surface area contributed by atoms with Gasteiger partial charge < -0.3 is 10.1 Å². The van der Waals surface area contributed by atoms with Crippen molar-refractivity contribution in [1.29, 1.82) is 0 Å². The van der Waals surface area contributed by atoms with Crippen molar-refractivity contribution in [1.82, 2.24) is 0 Å². The number of anilines is 1. The molecule has 2 rings (SSSR count). The molecule has 0 atom stereocenters. The van der Waals surface area contributed by atoms with Crippen molar-refractivity contribution in [3.8, 4) is 5.75 Å². The fourth-order valence-electron chi connectivity index (χ4n) is 1.69. The van der Waals surface area contributed by atoms with Gasteiger partial charge in [-0.2, -0.15) is 0 Å². The molecule has 0 spiro atoms. The summed E-state index contributed by atoms with van der Waals surface area (Å²) in [7, 11) is 0. The standard InChI is InChI=1S/C16H14ClNO3/c1-11(19)12-3-2-4-14(9-12)18-16(20)10-21-15-7-5-13(17)6-8-15/h2-9H,10H2,1H3,(H,18,20). The number of nitrogens with one attached hydrogen (secondary N) is 1. The maximum Gasteiger partial charge on any atom is 0.262 e. The van der Waals surface area contributed by atoms with Crippen LogP contribution in [-0.4, -0.2) is 18.3 Å². The molecule has 1 N–H and O–H groups in total. The first-order valence-corrected chi connectivity index (χ1v) is 6.71. The summed E-state index contributed by atoms with van der Waals surface area (Å²) in [6.07, 6.45) is 0. The normalized spacial score (nSPS) is 10.0. The molecule has 2 aromatic carbocycles. The molecule has 0 radical (unpaired) electrons. The fraction of sp³-hybridized carbons (Fsp3) is 0.125. The Labute approximate surface area is 127 Å². The monoisotopic (exact) mass is 303 g/mol. The molecule has 0 heterocycles. The first-order chi connectivity index (χ1) is 10.0. The van der Waals surface area contributed by atoms with Crippen LogP contribution in [-0.2, 0) is 4.79 Å². The summed E-state index contributed by atoms with van der Waals surface area (Å²) in [6, 6.07) is 13.5. The Balaban J connectivity index is 1.91. The molecule has 5 heteroatoms. The van der Waals surface area contributed by atoms with Gasteiger partial charge in [-0.15, -0.1) is 0 Å². The Kier molecular flexibility index (Phi) is 4.95. The Morgan fingerprint density at radius 1 is 1.14 bits per heavy atom. The number of carbonyl (C=O) groups excluding carboxylic acids is 2. The van der Waals surface area contributed by atoms with Crippen LogP contribution in [0.2, 0.25) is 5.02 Å². The first-order valence-electron chi connectivity index (χ1n) is 6.34. The van der Waals surface area contributed by atoms with Crippen molar-refractivity contribution in [2.24, 2.45) is 0 Å².